The van der Waals surface area contributed by atoms with E-state index in [1.807, 2.05) is 60.1 Å². The molecule has 0 bridgehead atoms. The van der Waals surface area contributed by atoms with Crippen LogP contribution >= 0.6 is 11.8 Å². The van der Waals surface area contributed by atoms with Gasteiger partial charge in [-0.3, -0.25) is 4.79 Å². The molecule has 7 nitrogen and oxygen atoms in total. The van der Waals surface area contributed by atoms with Crippen molar-refractivity contribution in [1.82, 2.24) is 14.9 Å². The van der Waals surface area contributed by atoms with E-state index in [4.69, 9.17) is 4.74 Å². The number of aryl methyl sites for hydroxylation is 2. The van der Waals surface area contributed by atoms with Crippen molar-refractivity contribution in [3.63, 3.8) is 0 Å². The molecular weight excluding hydrogens is 422 g/mol. The van der Waals surface area contributed by atoms with Crippen LogP contribution in [-0.2, 0) is 17.6 Å². The van der Waals surface area contributed by atoms with Crippen LogP contribution < -0.4 is 15.5 Å². The topological polar surface area (TPSA) is 81.1 Å². The summed E-state index contributed by atoms with van der Waals surface area (Å²) < 4.78 is 7.52. The fourth-order valence-corrected chi connectivity index (χ4v) is 4.93. The molecule has 4 rings (SSSR count). The van der Waals surface area contributed by atoms with Crippen molar-refractivity contribution in [2.24, 2.45) is 0 Å². The van der Waals surface area contributed by atoms with Gasteiger partial charge < -0.3 is 15.5 Å². The minimum atomic E-state index is -0.413. The fraction of sp³-hybridized carbons (Fsp3) is 0.375. The van der Waals surface area contributed by atoms with Gasteiger partial charge in [0.2, 0.25) is 11.1 Å². The number of para-hydroxylation sites is 1. The zero-order valence-electron chi connectivity index (χ0n) is 18.7. The standard InChI is InChI=1S/C24H29N5O2S/c1-4-9-20-26-27-24-29(20)28-21(17-12-14-18(15-13-17)31-6-3)22(32-24)23(30)25-19-11-8-7-10-16(19)5-2/h7-8,10-15,21-22,28H,4-6,9H2,1-3H3,(H,25,30)/t21-,22+/m1/s1. The number of carbonyl (C=O) groups is 1. The Morgan fingerprint density at radius 3 is 2.62 bits per heavy atom. The highest BCUT2D eigenvalue weighted by Crippen LogP contribution is 2.38. The van der Waals surface area contributed by atoms with Gasteiger partial charge in [-0.25, -0.2) is 4.68 Å². The van der Waals surface area contributed by atoms with Crippen LogP contribution in [0.4, 0.5) is 5.69 Å². The van der Waals surface area contributed by atoms with Gasteiger partial charge in [-0.15, -0.1) is 10.2 Å². The number of aromatic nitrogens is 3. The second-order valence-corrected chi connectivity index (χ2v) is 8.74. The molecule has 0 unspecified atom stereocenters. The predicted molar refractivity (Wildman–Crippen MR) is 128 cm³/mol. The highest BCUT2D eigenvalue weighted by Gasteiger charge is 2.38. The first-order chi connectivity index (χ1) is 15.6. The number of amides is 1. The number of hydrogen-bond donors (Lipinski definition) is 2. The summed E-state index contributed by atoms with van der Waals surface area (Å²) in [5.74, 6) is 1.63. The van der Waals surface area contributed by atoms with Crippen molar-refractivity contribution < 1.29 is 9.53 Å². The van der Waals surface area contributed by atoms with Crippen molar-refractivity contribution in [2.45, 2.75) is 56.5 Å². The van der Waals surface area contributed by atoms with Gasteiger partial charge in [-0.2, -0.15) is 0 Å². The van der Waals surface area contributed by atoms with E-state index in [-0.39, 0.29) is 11.9 Å². The Morgan fingerprint density at radius 2 is 1.91 bits per heavy atom. The highest BCUT2D eigenvalue weighted by atomic mass is 32.2. The summed E-state index contributed by atoms with van der Waals surface area (Å²) in [7, 11) is 0. The van der Waals surface area contributed by atoms with E-state index in [2.05, 4.69) is 34.8 Å². The van der Waals surface area contributed by atoms with E-state index in [9.17, 15) is 4.79 Å². The average Bonchev–Trinajstić information content (AvgIpc) is 3.21. The van der Waals surface area contributed by atoms with Crippen LogP contribution in [0.15, 0.2) is 53.7 Å². The van der Waals surface area contributed by atoms with Crippen LogP contribution in [0, 0.1) is 0 Å². The van der Waals surface area contributed by atoms with E-state index >= 15 is 0 Å². The lowest BCUT2D eigenvalue weighted by Gasteiger charge is -2.33. The molecule has 0 saturated heterocycles. The molecule has 0 aliphatic carbocycles. The van der Waals surface area contributed by atoms with Crippen LogP contribution in [0.2, 0.25) is 0 Å². The third-order valence-corrected chi connectivity index (χ3v) is 6.66. The molecule has 3 aromatic rings. The van der Waals surface area contributed by atoms with Gasteiger partial charge in [-0.1, -0.05) is 55.9 Å². The number of hydrogen-bond acceptors (Lipinski definition) is 6. The smallest absolute Gasteiger partial charge is 0.240 e. The first-order valence-electron chi connectivity index (χ1n) is 11.1. The summed E-state index contributed by atoms with van der Waals surface area (Å²) in [5, 5.41) is 12.1. The average molecular weight is 452 g/mol. The number of rotatable bonds is 8. The number of thioether (sulfide) groups is 1. The van der Waals surface area contributed by atoms with E-state index < -0.39 is 5.25 Å². The van der Waals surface area contributed by atoms with Crippen LogP contribution in [-0.4, -0.2) is 32.6 Å². The number of benzene rings is 2. The lowest BCUT2D eigenvalue weighted by Crippen LogP contribution is -2.41. The third-order valence-electron chi connectivity index (χ3n) is 5.44. The minimum absolute atomic E-state index is 0.0615. The number of anilines is 1. The van der Waals surface area contributed by atoms with Gasteiger partial charge in [-0.05, 0) is 49.1 Å². The van der Waals surface area contributed by atoms with Crippen molar-refractivity contribution in [3.8, 4) is 5.75 Å². The highest BCUT2D eigenvalue weighted by molar-refractivity contribution is 8.00. The summed E-state index contributed by atoms with van der Waals surface area (Å²) in [5.41, 5.74) is 6.48. The number of fused-ring (bicyclic) bond motifs is 1. The van der Waals surface area contributed by atoms with E-state index in [1.165, 1.54) is 11.8 Å². The second kappa shape index (κ2) is 10.1. The van der Waals surface area contributed by atoms with Gasteiger partial charge in [0.05, 0.1) is 12.6 Å². The number of nitrogens with one attached hydrogen (secondary N) is 2. The SMILES string of the molecule is CCCc1nnc2n1N[C@H](c1ccc(OCC)cc1)[C@@H](C(=O)Nc1ccccc1CC)S2. The molecule has 32 heavy (non-hydrogen) atoms. The molecule has 2 aromatic carbocycles. The van der Waals surface area contributed by atoms with Gasteiger partial charge in [0.15, 0.2) is 5.82 Å². The van der Waals surface area contributed by atoms with Gasteiger partial charge in [0.25, 0.3) is 0 Å². The lowest BCUT2D eigenvalue weighted by atomic mass is 10.0. The summed E-state index contributed by atoms with van der Waals surface area (Å²) in [4.78, 5) is 13.5. The molecule has 0 fully saturated rings. The van der Waals surface area contributed by atoms with Gasteiger partial charge in [0.1, 0.15) is 11.0 Å². The quantitative estimate of drug-likeness (QED) is 0.521. The molecule has 1 amide bonds. The Hall–Kier alpha value is -3.00. The summed E-state index contributed by atoms with van der Waals surface area (Å²) >= 11 is 1.45. The maximum atomic E-state index is 13.5. The second-order valence-electron chi connectivity index (χ2n) is 7.63. The Bertz CT molecular complexity index is 1070. The fourth-order valence-electron chi connectivity index (χ4n) is 3.83. The molecular formula is C24H29N5O2S. The molecule has 2 heterocycles. The van der Waals surface area contributed by atoms with Crippen LogP contribution in [0.5, 0.6) is 5.75 Å². The Morgan fingerprint density at radius 1 is 1.12 bits per heavy atom. The van der Waals surface area contributed by atoms with Crippen molar-refractivity contribution >= 4 is 23.4 Å². The first kappa shape index (κ1) is 22.2. The molecule has 0 radical (unpaired) electrons. The summed E-state index contributed by atoms with van der Waals surface area (Å²) in [6.45, 7) is 6.78. The third kappa shape index (κ3) is 4.60. The zero-order valence-corrected chi connectivity index (χ0v) is 19.5. The van der Waals surface area contributed by atoms with Crippen LogP contribution in [0.1, 0.15) is 50.2 Å². The van der Waals surface area contributed by atoms with Crippen LogP contribution in [0.25, 0.3) is 0 Å². The summed E-state index contributed by atoms with van der Waals surface area (Å²) in [6, 6.07) is 15.6. The zero-order chi connectivity index (χ0) is 22.5. The molecule has 0 saturated carbocycles. The Labute approximate surface area is 192 Å². The van der Waals surface area contributed by atoms with E-state index in [1.54, 1.807) is 0 Å². The van der Waals surface area contributed by atoms with Crippen molar-refractivity contribution in [2.75, 3.05) is 17.3 Å². The lowest BCUT2D eigenvalue weighted by molar-refractivity contribution is -0.116. The first-order valence-corrected chi connectivity index (χ1v) is 12.0. The minimum Gasteiger partial charge on any atom is -0.494 e. The molecule has 8 heteroatoms. The molecule has 0 spiro atoms. The number of carbonyl (C=O) groups excluding carboxylic acids is 1. The predicted octanol–water partition coefficient (Wildman–Crippen LogP) is 4.59. The molecule has 2 atom stereocenters. The van der Waals surface area contributed by atoms with E-state index in [0.29, 0.717) is 11.8 Å². The maximum Gasteiger partial charge on any atom is 0.240 e. The molecule has 1 aliphatic rings. The largest absolute Gasteiger partial charge is 0.494 e. The maximum absolute atomic E-state index is 13.5. The molecule has 168 valence electrons. The molecule has 1 aliphatic heterocycles. The Kier molecular flexibility index (Phi) is 6.99. The van der Waals surface area contributed by atoms with Crippen molar-refractivity contribution in [1.29, 1.82) is 0 Å². The number of ether oxygens (including phenoxy) is 1. The van der Waals surface area contributed by atoms with E-state index in [0.717, 1.165) is 47.7 Å². The van der Waals surface area contributed by atoms with Crippen molar-refractivity contribution in [3.05, 3.63) is 65.5 Å². The number of nitrogens with zero attached hydrogens (tertiary/aromatic N) is 3. The van der Waals surface area contributed by atoms with Gasteiger partial charge in [0, 0.05) is 12.1 Å². The molecule has 1 aromatic heterocycles. The van der Waals surface area contributed by atoms with Gasteiger partial charge >= 0.3 is 0 Å². The monoisotopic (exact) mass is 451 g/mol. The summed E-state index contributed by atoms with van der Waals surface area (Å²) in [6.07, 6.45) is 2.64. The Balaban J connectivity index is 1.66. The normalized spacial score (nSPS) is 17.3. The molecule has 2 N–H and O–H groups in total. The van der Waals surface area contributed by atoms with Crippen LogP contribution in [0.3, 0.4) is 0 Å².